The van der Waals surface area contributed by atoms with Gasteiger partial charge >= 0.3 is 51.4 Å². The Balaban J connectivity index is 0. The van der Waals surface area contributed by atoms with Gasteiger partial charge < -0.3 is 4.79 Å². The van der Waals surface area contributed by atoms with E-state index in [0.717, 1.165) is 0 Å². The van der Waals surface area contributed by atoms with E-state index >= 15 is 0 Å². The molecule has 0 aliphatic rings. The van der Waals surface area contributed by atoms with Crippen molar-refractivity contribution in [3.8, 4) is 0 Å². The normalized spacial score (nSPS) is 5.00. The molecule has 0 aromatic heterocycles. The molecule has 0 N–H and O–H groups in total. The van der Waals surface area contributed by atoms with Gasteiger partial charge in [0.05, 0.1) is 0 Å². The van der Waals surface area contributed by atoms with Gasteiger partial charge in [0.25, 0.3) is 0 Å². The fraction of sp³-hybridized carbons (Fsp3) is 0.667. The molecule has 0 spiro atoms. The summed E-state index contributed by atoms with van der Waals surface area (Å²) in [5.41, 5.74) is 0. The number of rotatable bonds is 1. The third kappa shape index (κ3) is 10.9. The van der Waals surface area contributed by atoms with E-state index in [-0.39, 0.29) is 51.4 Å². The molecule has 0 radical (unpaired) electrons. The number of hydrogen-bond donors (Lipinski definition) is 0. The predicted molar refractivity (Wildman–Crippen MR) is 16.0 cm³/mol. The summed E-state index contributed by atoms with van der Waals surface area (Å²) in [6, 6.07) is 0. The summed E-state index contributed by atoms with van der Waals surface area (Å²) in [6.45, 7) is 1.76. The van der Waals surface area contributed by atoms with Crippen LogP contribution < -0.4 is 51.4 Å². The molecule has 0 saturated carbocycles. The van der Waals surface area contributed by atoms with Gasteiger partial charge in [-0.15, -0.1) is 0 Å². The Hall–Kier alpha value is 1.31. The van der Waals surface area contributed by atoms with Gasteiger partial charge in [-0.1, -0.05) is 6.92 Å². The molecule has 5 heavy (non-hydrogen) atoms. The maximum atomic E-state index is 9.05. The number of hydrogen-bond acceptors (Lipinski definition) is 1. The molecule has 0 aliphatic heterocycles. The van der Waals surface area contributed by atoms with Crippen LogP contribution in [-0.4, -0.2) is 6.29 Å². The van der Waals surface area contributed by atoms with E-state index in [0.29, 0.717) is 6.42 Å². The standard InChI is InChI=1S/C3H5O.K/c1-2-3-4;/h2H2,1H3;/q-1;+1. The van der Waals surface area contributed by atoms with E-state index in [2.05, 4.69) is 0 Å². The summed E-state index contributed by atoms with van der Waals surface area (Å²) in [5.74, 6) is 0. The van der Waals surface area contributed by atoms with Gasteiger partial charge in [0.15, 0.2) is 0 Å². The van der Waals surface area contributed by atoms with Gasteiger partial charge in [0.1, 0.15) is 0 Å². The van der Waals surface area contributed by atoms with Crippen molar-refractivity contribution in [2.75, 3.05) is 0 Å². The molecule has 0 rings (SSSR count). The van der Waals surface area contributed by atoms with Crippen LogP contribution in [0.3, 0.4) is 0 Å². The molecule has 0 aromatic rings. The Labute approximate surface area is 74.6 Å². The third-order valence-electron chi connectivity index (χ3n) is 0.144. The van der Waals surface area contributed by atoms with Gasteiger partial charge in [-0.05, 0) is 0 Å². The Morgan fingerprint density at radius 2 is 2.00 bits per heavy atom. The Bertz CT molecular complexity index is 20.9. The maximum absolute atomic E-state index is 9.05. The molecular formula is C3H5KO. The zero-order valence-corrected chi connectivity index (χ0v) is 6.74. The second-order valence-corrected chi connectivity index (χ2v) is 0.498. The predicted octanol–water partition coefficient (Wildman–Crippen LogP) is -2.49. The van der Waals surface area contributed by atoms with Crippen LogP contribution in [-0.2, 0) is 4.79 Å². The molecule has 2 heteroatoms. The average Bonchev–Trinajstić information content (AvgIpc) is 1.37. The van der Waals surface area contributed by atoms with Gasteiger partial charge in [-0.2, -0.15) is 6.42 Å². The van der Waals surface area contributed by atoms with E-state index in [1.54, 1.807) is 13.2 Å². The molecule has 0 atom stereocenters. The van der Waals surface area contributed by atoms with Gasteiger partial charge in [-0.25, -0.2) is 0 Å². The van der Waals surface area contributed by atoms with Crippen molar-refractivity contribution < 1.29 is 56.2 Å². The minimum atomic E-state index is 0. The van der Waals surface area contributed by atoms with Gasteiger partial charge in [0.2, 0.25) is 0 Å². The van der Waals surface area contributed by atoms with Crippen LogP contribution in [0.4, 0.5) is 0 Å². The zero-order chi connectivity index (χ0) is 3.41. The Morgan fingerprint density at radius 1 is 1.80 bits per heavy atom. The zero-order valence-electron chi connectivity index (χ0n) is 3.62. The molecule has 0 heterocycles. The molecule has 0 aromatic carbocycles. The van der Waals surface area contributed by atoms with Crippen molar-refractivity contribution in [1.82, 2.24) is 0 Å². The summed E-state index contributed by atoms with van der Waals surface area (Å²) in [6.07, 6.45) is 2.19. The van der Waals surface area contributed by atoms with Crippen molar-refractivity contribution in [3.63, 3.8) is 0 Å². The fourth-order valence-corrected chi connectivity index (χ4v) is 0. The third-order valence-corrected chi connectivity index (χ3v) is 0.144. The van der Waals surface area contributed by atoms with Crippen LogP contribution >= 0.6 is 0 Å². The van der Waals surface area contributed by atoms with Crippen molar-refractivity contribution in [1.29, 1.82) is 0 Å². The van der Waals surface area contributed by atoms with E-state index < -0.39 is 0 Å². The van der Waals surface area contributed by atoms with Crippen LogP contribution in [0.25, 0.3) is 0 Å². The van der Waals surface area contributed by atoms with E-state index in [4.69, 9.17) is 4.79 Å². The molecule has 0 fully saturated rings. The van der Waals surface area contributed by atoms with Crippen molar-refractivity contribution in [2.45, 2.75) is 13.3 Å². The smallest absolute Gasteiger partial charge is 0.542 e. The van der Waals surface area contributed by atoms with E-state index in [1.807, 2.05) is 0 Å². The van der Waals surface area contributed by atoms with Crippen molar-refractivity contribution in [2.24, 2.45) is 0 Å². The largest absolute Gasteiger partial charge is 1.00 e. The van der Waals surface area contributed by atoms with Crippen LogP contribution in [0.15, 0.2) is 0 Å². The number of carbonyl (C=O) groups excluding carboxylic acids is 1. The molecule has 0 aliphatic carbocycles. The molecule has 1 nitrogen and oxygen atoms in total. The molecule has 0 bridgehead atoms. The summed E-state index contributed by atoms with van der Waals surface area (Å²) in [7, 11) is 0. The molecule has 0 amide bonds. The summed E-state index contributed by atoms with van der Waals surface area (Å²) in [4.78, 5) is 9.05. The molecule has 0 unspecified atom stereocenters. The van der Waals surface area contributed by atoms with E-state index in [1.165, 1.54) is 0 Å². The minimum Gasteiger partial charge on any atom is -0.542 e. The molecular weight excluding hydrogens is 91.1 g/mol. The first-order valence-corrected chi connectivity index (χ1v) is 1.26. The minimum absolute atomic E-state index is 0. The summed E-state index contributed by atoms with van der Waals surface area (Å²) < 4.78 is 0. The first-order valence-electron chi connectivity index (χ1n) is 1.26. The molecule has 24 valence electrons. The fourth-order valence-electron chi connectivity index (χ4n) is 0. The van der Waals surface area contributed by atoms with Gasteiger partial charge in [-0.3, -0.25) is 6.29 Å². The monoisotopic (exact) mass is 96.0 g/mol. The van der Waals surface area contributed by atoms with Crippen molar-refractivity contribution in [3.05, 3.63) is 0 Å². The quantitative estimate of drug-likeness (QED) is 0.261. The average molecular weight is 96.2 g/mol. The second-order valence-electron chi connectivity index (χ2n) is 0.498. The molecule has 0 saturated heterocycles. The summed E-state index contributed by atoms with van der Waals surface area (Å²) >= 11 is 0. The SMILES string of the molecule is CC[C-]=O.[K+]. The van der Waals surface area contributed by atoms with Gasteiger partial charge in [0, 0.05) is 0 Å². The Kier molecular flexibility index (Phi) is 17.2. The second kappa shape index (κ2) is 9.00. The first kappa shape index (κ1) is 9.58. The van der Waals surface area contributed by atoms with E-state index in [9.17, 15) is 0 Å². The Morgan fingerprint density at radius 3 is 2.00 bits per heavy atom. The summed E-state index contributed by atoms with van der Waals surface area (Å²) in [5, 5.41) is 0. The van der Waals surface area contributed by atoms with Crippen LogP contribution in [0.2, 0.25) is 0 Å². The van der Waals surface area contributed by atoms with Crippen LogP contribution in [0.1, 0.15) is 13.3 Å². The van der Waals surface area contributed by atoms with Crippen LogP contribution in [0, 0.1) is 0 Å². The maximum Gasteiger partial charge on any atom is 1.00 e. The van der Waals surface area contributed by atoms with Crippen molar-refractivity contribution >= 4 is 6.29 Å². The topological polar surface area (TPSA) is 17.1 Å². The first-order chi connectivity index (χ1) is 1.91. The van der Waals surface area contributed by atoms with Crippen LogP contribution in [0.5, 0.6) is 0 Å².